The summed E-state index contributed by atoms with van der Waals surface area (Å²) in [7, 11) is 0. The van der Waals surface area contributed by atoms with Gasteiger partial charge in [0.25, 0.3) is 5.91 Å². The number of nitrogens with one attached hydrogen (secondary N) is 3. The predicted octanol–water partition coefficient (Wildman–Crippen LogP) is 6.69. The number of ether oxygens (including phenoxy) is 1. The van der Waals surface area contributed by atoms with Crippen LogP contribution in [-0.4, -0.2) is 81.4 Å². The van der Waals surface area contributed by atoms with Crippen LogP contribution in [0.15, 0.2) is 50.7 Å². The van der Waals surface area contributed by atoms with Crippen molar-refractivity contribution in [2.45, 2.75) is 113 Å². The minimum Gasteiger partial charge on any atom is -0.488 e. The lowest BCUT2D eigenvalue weighted by Gasteiger charge is -2.30. The topological polar surface area (TPSA) is 176 Å². The molecule has 3 aromatic heterocycles. The molecular formula is C43H53N7O7S3. The largest absolute Gasteiger partial charge is 0.488 e. The summed E-state index contributed by atoms with van der Waals surface area (Å²) in [5.74, 6) is 2.14. The highest BCUT2D eigenvalue weighted by atomic mass is 32.2. The molecule has 0 radical (unpaired) electrons. The lowest BCUT2D eigenvalue weighted by molar-refractivity contribution is -0.137. The Labute approximate surface area is 362 Å². The third-order valence-corrected chi connectivity index (χ3v) is 14.1. The Morgan fingerprint density at radius 2 is 1.83 bits per heavy atom. The van der Waals surface area contributed by atoms with Crippen molar-refractivity contribution >= 4 is 69.0 Å². The lowest BCUT2D eigenvalue weighted by atomic mass is 9.94. The second-order valence-corrected chi connectivity index (χ2v) is 19.9. The summed E-state index contributed by atoms with van der Waals surface area (Å²) in [6.45, 7) is 10.5. The van der Waals surface area contributed by atoms with Gasteiger partial charge >= 0.3 is 0 Å². The molecule has 7 rings (SSSR count). The quantitative estimate of drug-likeness (QED) is 0.0518. The fourth-order valence-corrected chi connectivity index (χ4v) is 10.2. The number of Topliss-reactive ketones (excluding diaryl/α,β-unsaturated/α-hetero) is 1. The van der Waals surface area contributed by atoms with Crippen molar-refractivity contribution in [3.8, 4) is 5.75 Å². The van der Waals surface area contributed by atoms with E-state index >= 15 is 0 Å². The van der Waals surface area contributed by atoms with Crippen LogP contribution in [0.25, 0.3) is 0 Å². The summed E-state index contributed by atoms with van der Waals surface area (Å²) in [5.41, 5.74) is 2.56. The Kier molecular flexibility index (Phi) is 14.5. The Morgan fingerprint density at radius 3 is 2.58 bits per heavy atom. The van der Waals surface area contributed by atoms with E-state index in [1.165, 1.54) is 22.7 Å². The maximum atomic E-state index is 13.0. The molecule has 2 saturated heterocycles. The average Bonchev–Trinajstić information content (AvgIpc) is 4.03. The number of fused-ring (bicyclic) bond motifs is 1. The van der Waals surface area contributed by atoms with Gasteiger partial charge in [-0.25, -0.2) is 9.97 Å². The molecule has 17 heteroatoms. The van der Waals surface area contributed by atoms with Gasteiger partial charge in [0.1, 0.15) is 29.9 Å². The van der Waals surface area contributed by atoms with Crippen LogP contribution in [0.2, 0.25) is 0 Å². The zero-order valence-corrected chi connectivity index (χ0v) is 36.8. The van der Waals surface area contributed by atoms with Crippen molar-refractivity contribution in [3.63, 3.8) is 0 Å². The first-order chi connectivity index (χ1) is 28.9. The molecular weight excluding hydrogens is 823 g/mol. The fourth-order valence-electron chi connectivity index (χ4n) is 7.49. The molecule has 3 N–H and O–H groups in total. The van der Waals surface area contributed by atoms with E-state index in [1.807, 2.05) is 29.6 Å². The number of carbonyl (C=O) groups excluding carboxylic acids is 5. The number of unbranched alkanes of at least 4 members (excludes halogenated alkanes) is 2. The Balaban J connectivity index is 0.713. The van der Waals surface area contributed by atoms with E-state index in [9.17, 15) is 24.0 Å². The van der Waals surface area contributed by atoms with Gasteiger partial charge < -0.3 is 24.7 Å². The number of likely N-dealkylation sites (tertiary alicyclic amines) is 1. The molecule has 0 saturated carbocycles. The van der Waals surface area contributed by atoms with Crippen LogP contribution in [0, 0.1) is 5.92 Å². The van der Waals surface area contributed by atoms with Crippen LogP contribution in [0.1, 0.15) is 110 Å². The smallest absolute Gasteiger partial charge is 0.256 e. The minimum atomic E-state index is -0.627. The van der Waals surface area contributed by atoms with E-state index in [4.69, 9.17) is 9.15 Å². The van der Waals surface area contributed by atoms with Gasteiger partial charge in [-0.05, 0) is 69.4 Å². The number of anilines is 1. The molecule has 6 heterocycles. The molecule has 4 aromatic rings. The second kappa shape index (κ2) is 20.0. The fraction of sp³-hybridized carbons (Fsp3) is 0.512. The molecule has 1 aromatic carbocycles. The first-order valence-electron chi connectivity index (χ1n) is 20.6. The zero-order valence-electron chi connectivity index (χ0n) is 34.4. The van der Waals surface area contributed by atoms with Crippen molar-refractivity contribution in [1.82, 2.24) is 30.4 Å². The zero-order chi connectivity index (χ0) is 42.2. The van der Waals surface area contributed by atoms with Gasteiger partial charge in [0.05, 0.1) is 34.5 Å². The number of thiazole rings is 1. The number of ketones is 1. The highest BCUT2D eigenvalue weighted by Crippen LogP contribution is 2.35. The van der Waals surface area contributed by atoms with E-state index in [2.05, 4.69) is 51.6 Å². The SMILES string of the molecule is CC(C)(C)c1cnc(CSc2cnc(NC(=O)C3CCN(CC(=O)CCCCCNCc4ccc(OCc5scc6c5CN([C@H]5CCC(=O)NC5=O)C6=O)cc4)CC3)s2)o1. The average molecular weight is 876 g/mol. The van der Waals surface area contributed by atoms with E-state index in [1.54, 1.807) is 29.1 Å². The van der Waals surface area contributed by atoms with Crippen LogP contribution in [-0.2, 0) is 50.0 Å². The van der Waals surface area contributed by atoms with Crippen LogP contribution in [0.4, 0.5) is 5.13 Å². The molecule has 14 nitrogen and oxygen atoms in total. The number of hydrogen-bond donors (Lipinski definition) is 3. The number of nitrogens with zero attached hydrogens (tertiary/aromatic N) is 4. The molecule has 60 heavy (non-hydrogen) atoms. The molecule has 2 fully saturated rings. The Hall–Kier alpha value is -4.42. The molecule has 0 bridgehead atoms. The molecule has 0 aliphatic carbocycles. The monoisotopic (exact) mass is 875 g/mol. The highest BCUT2D eigenvalue weighted by Gasteiger charge is 2.40. The third-order valence-electron chi connectivity index (χ3n) is 11.0. The van der Waals surface area contributed by atoms with Crippen molar-refractivity contribution in [2.24, 2.45) is 5.92 Å². The first kappa shape index (κ1) is 43.7. The highest BCUT2D eigenvalue weighted by molar-refractivity contribution is 8.00. The standard InChI is InChI=1S/C43H53N7O7S3/c1-43(2,3)35-20-45-37(57-35)26-59-38-21-46-42(60-38)48-39(53)28-14-17-49(18-15-28)22-29(51)7-5-4-6-16-44-19-27-8-10-30(11-9-27)56-24-34-31-23-50(41(55)32(31)25-58-34)33-12-13-36(52)47-40(33)54/h8-11,20-21,25,28,33,44H,4-7,12-19,22-24,26H2,1-3H3,(H,46,48,53)(H,47,52,54)/t33-/m0/s1. The molecule has 3 aliphatic rings. The molecule has 4 amide bonds. The predicted molar refractivity (Wildman–Crippen MR) is 231 cm³/mol. The van der Waals surface area contributed by atoms with E-state index in [-0.39, 0.29) is 41.3 Å². The van der Waals surface area contributed by atoms with Crippen LogP contribution >= 0.6 is 34.4 Å². The van der Waals surface area contributed by atoms with E-state index in [0.717, 1.165) is 90.0 Å². The third kappa shape index (κ3) is 11.5. The summed E-state index contributed by atoms with van der Waals surface area (Å²) in [4.78, 5) is 76.1. The number of imide groups is 1. The Bertz CT molecular complexity index is 2150. The van der Waals surface area contributed by atoms with E-state index in [0.29, 0.717) is 54.9 Å². The van der Waals surface area contributed by atoms with Gasteiger partial charge in [-0.3, -0.25) is 34.2 Å². The number of aromatic nitrogens is 2. The number of rotatable bonds is 19. The van der Waals surface area contributed by atoms with Gasteiger partial charge in [-0.1, -0.05) is 50.7 Å². The normalized spacial score (nSPS) is 17.6. The summed E-state index contributed by atoms with van der Waals surface area (Å²) >= 11 is 4.52. The number of benzene rings is 1. The van der Waals surface area contributed by atoms with Crippen molar-refractivity contribution in [3.05, 3.63) is 75.3 Å². The number of hydrogen-bond acceptors (Lipinski definition) is 14. The van der Waals surface area contributed by atoms with Gasteiger partial charge in [-0.2, -0.15) is 0 Å². The second-order valence-electron chi connectivity index (χ2n) is 16.6. The van der Waals surface area contributed by atoms with E-state index < -0.39 is 11.9 Å². The Morgan fingerprint density at radius 1 is 1.03 bits per heavy atom. The summed E-state index contributed by atoms with van der Waals surface area (Å²) in [6.07, 6.45) is 8.99. The maximum absolute atomic E-state index is 13.0. The number of amides is 4. The van der Waals surface area contributed by atoms with Crippen molar-refractivity contribution in [2.75, 3.05) is 31.5 Å². The molecule has 320 valence electrons. The number of piperidine rings is 2. The maximum Gasteiger partial charge on any atom is 0.256 e. The number of carbonyl (C=O) groups is 5. The van der Waals surface area contributed by atoms with Gasteiger partial charge in [0.15, 0.2) is 5.13 Å². The van der Waals surface area contributed by atoms with Crippen molar-refractivity contribution in [1.29, 1.82) is 0 Å². The van der Waals surface area contributed by atoms with Crippen LogP contribution < -0.4 is 20.7 Å². The first-order valence-corrected chi connectivity index (χ1v) is 23.3. The van der Waals surface area contributed by atoms with Crippen LogP contribution in [0.3, 0.4) is 0 Å². The number of thioether (sulfide) groups is 1. The summed E-state index contributed by atoms with van der Waals surface area (Å²) in [6, 6.07) is 7.32. The molecule has 1 atom stereocenters. The molecule has 0 spiro atoms. The number of thiophene rings is 1. The van der Waals surface area contributed by atoms with Crippen molar-refractivity contribution < 1.29 is 33.1 Å². The molecule has 3 aliphatic heterocycles. The van der Waals surface area contributed by atoms with Gasteiger partial charge in [0.2, 0.25) is 23.6 Å². The minimum absolute atomic E-state index is 0.00843. The summed E-state index contributed by atoms with van der Waals surface area (Å²) in [5, 5.41) is 11.2. The summed E-state index contributed by atoms with van der Waals surface area (Å²) < 4.78 is 12.9. The van der Waals surface area contributed by atoms with Gasteiger partial charge in [0, 0.05) is 53.1 Å². The number of oxazole rings is 1. The lowest BCUT2D eigenvalue weighted by Crippen LogP contribution is -2.52. The van der Waals surface area contributed by atoms with Gasteiger partial charge in [-0.15, -0.1) is 23.1 Å². The van der Waals surface area contributed by atoms with Crippen LogP contribution in [0.5, 0.6) is 5.75 Å². The molecule has 0 unspecified atom stereocenters.